The van der Waals surface area contributed by atoms with Gasteiger partial charge in [-0.3, -0.25) is 14.6 Å². The van der Waals surface area contributed by atoms with Crippen LogP contribution in [0.5, 0.6) is 0 Å². The molecule has 0 radical (unpaired) electrons. The number of rotatable bonds is 6. The fourth-order valence-electron chi connectivity index (χ4n) is 2.45. The Morgan fingerprint density at radius 1 is 1.10 bits per heavy atom. The van der Waals surface area contributed by atoms with Crippen LogP contribution in [0, 0.1) is 6.92 Å². The molecular formula is C17H24N2O. The second kappa shape index (κ2) is 6.60. The van der Waals surface area contributed by atoms with Crippen molar-refractivity contribution in [1.82, 2.24) is 9.78 Å². The van der Waals surface area contributed by atoms with Crippen LogP contribution >= 0.6 is 0 Å². The number of hydrogen-bond acceptors (Lipinski definition) is 1. The average Bonchev–Trinajstić information content (AvgIpc) is 2.75. The molecule has 0 aliphatic rings. The highest BCUT2D eigenvalue weighted by molar-refractivity contribution is 5.63. The second-order valence-electron chi connectivity index (χ2n) is 5.39. The van der Waals surface area contributed by atoms with Gasteiger partial charge in [-0.2, -0.15) is 0 Å². The van der Waals surface area contributed by atoms with Crippen LogP contribution < -0.4 is 5.56 Å². The molecule has 1 aromatic carbocycles. The van der Waals surface area contributed by atoms with E-state index in [0.29, 0.717) is 0 Å². The normalized spacial score (nSPS) is 10.9. The van der Waals surface area contributed by atoms with Crippen LogP contribution in [0.15, 0.2) is 29.1 Å². The van der Waals surface area contributed by atoms with Gasteiger partial charge in [0.05, 0.1) is 5.69 Å². The zero-order valence-electron chi connectivity index (χ0n) is 12.7. The number of H-pyrrole nitrogens is 1. The van der Waals surface area contributed by atoms with Crippen LogP contribution in [0.3, 0.4) is 0 Å². The summed E-state index contributed by atoms with van der Waals surface area (Å²) in [4.78, 5) is 12.5. The summed E-state index contributed by atoms with van der Waals surface area (Å²) in [5.74, 6) is 0. The highest BCUT2D eigenvalue weighted by atomic mass is 16.1. The molecule has 0 amide bonds. The van der Waals surface area contributed by atoms with Crippen molar-refractivity contribution >= 4 is 0 Å². The molecule has 1 N–H and O–H groups in total. The Balaban J connectivity index is 2.46. The Hall–Kier alpha value is -1.77. The molecule has 0 bridgehead atoms. The number of aromatic amines is 1. The van der Waals surface area contributed by atoms with Crippen molar-refractivity contribution in [3.8, 4) is 11.3 Å². The minimum absolute atomic E-state index is 0.149. The summed E-state index contributed by atoms with van der Waals surface area (Å²) in [5.41, 5.74) is 4.42. The number of aromatic nitrogens is 2. The highest BCUT2D eigenvalue weighted by Gasteiger charge is 2.14. The third-order valence-corrected chi connectivity index (χ3v) is 3.62. The molecule has 2 aromatic rings. The predicted octanol–water partition coefficient (Wildman–Crippen LogP) is 3.90. The van der Waals surface area contributed by atoms with Crippen molar-refractivity contribution in [2.45, 2.75) is 53.0 Å². The molecule has 0 fully saturated rings. The van der Waals surface area contributed by atoms with Crippen molar-refractivity contribution in [2.75, 3.05) is 0 Å². The molecule has 0 saturated heterocycles. The van der Waals surface area contributed by atoms with E-state index in [9.17, 15) is 4.79 Å². The standard InChI is InChI=1S/C17H24N2O/c1-4-6-7-15-16(14-10-8-13(3)9-11-14)18-19(12-5-2)17(15)20/h8-11,18H,4-7,12H2,1-3H3. The third-order valence-electron chi connectivity index (χ3n) is 3.62. The minimum atomic E-state index is 0.149. The number of benzene rings is 1. The first-order valence-corrected chi connectivity index (χ1v) is 7.56. The third kappa shape index (κ3) is 3.03. The summed E-state index contributed by atoms with van der Waals surface area (Å²) in [6.45, 7) is 7.07. The fourth-order valence-corrected chi connectivity index (χ4v) is 2.45. The largest absolute Gasteiger partial charge is 0.295 e. The summed E-state index contributed by atoms with van der Waals surface area (Å²) in [6.07, 6.45) is 3.97. The van der Waals surface area contributed by atoms with E-state index >= 15 is 0 Å². The van der Waals surface area contributed by atoms with Gasteiger partial charge < -0.3 is 0 Å². The summed E-state index contributed by atoms with van der Waals surface area (Å²) in [7, 11) is 0. The first-order chi connectivity index (χ1) is 9.67. The summed E-state index contributed by atoms with van der Waals surface area (Å²) in [5, 5.41) is 3.30. The van der Waals surface area contributed by atoms with Crippen LogP contribution in [-0.2, 0) is 13.0 Å². The van der Waals surface area contributed by atoms with Crippen molar-refractivity contribution in [2.24, 2.45) is 0 Å². The molecule has 108 valence electrons. The van der Waals surface area contributed by atoms with E-state index < -0.39 is 0 Å². The molecule has 3 nitrogen and oxygen atoms in total. The SMILES string of the molecule is CCCCc1c(-c2ccc(C)cc2)[nH]n(CCC)c1=O. The number of nitrogens with zero attached hydrogens (tertiary/aromatic N) is 1. The van der Waals surface area contributed by atoms with E-state index in [0.717, 1.165) is 49.0 Å². The lowest BCUT2D eigenvalue weighted by atomic mass is 10.0. The molecule has 0 aliphatic carbocycles. The van der Waals surface area contributed by atoms with Gasteiger partial charge in [-0.1, -0.05) is 50.1 Å². The van der Waals surface area contributed by atoms with Crippen molar-refractivity contribution in [3.63, 3.8) is 0 Å². The Bertz CT molecular complexity index is 605. The Morgan fingerprint density at radius 2 is 1.80 bits per heavy atom. The molecule has 3 heteroatoms. The van der Waals surface area contributed by atoms with Crippen LogP contribution in [0.1, 0.15) is 44.2 Å². The molecular weight excluding hydrogens is 248 g/mol. The molecule has 2 rings (SSSR count). The number of hydrogen-bond donors (Lipinski definition) is 1. The van der Waals surface area contributed by atoms with Gasteiger partial charge in [0.25, 0.3) is 5.56 Å². The quantitative estimate of drug-likeness (QED) is 0.850. The van der Waals surface area contributed by atoms with Gasteiger partial charge in [0.1, 0.15) is 0 Å². The van der Waals surface area contributed by atoms with Gasteiger partial charge in [-0.25, -0.2) is 0 Å². The van der Waals surface area contributed by atoms with E-state index in [1.165, 1.54) is 5.56 Å². The van der Waals surface area contributed by atoms with Gasteiger partial charge in [0, 0.05) is 12.1 Å². The van der Waals surface area contributed by atoms with Crippen LogP contribution in [0.2, 0.25) is 0 Å². The van der Waals surface area contributed by atoms with Crippen LogP contribution in [0.4, 0.5) is 0 Å². The molecule has 0 saturated carbocycles. The first kappa shape index (κ1) is 14.6. The topological polar surface area (TPSA) is 37.8 Å². The van der Waals surface area contributed by atoms with E-state index in [2.05, 4.69) is 50.1 Å². The second-order valence-corrected chi connectivity index (χ2v) is 5.39. The van der Waals surface area contributed by atoms with Crippen LogP contribution in [-0.4, -0.2) is 9.78 Å². The van der Waals surface area contributed by atoms with Gasteiger partial charge in [-0.15, -0.1) is 0 Å². The molecule has 0 aliphatic heterocycles. The van der Waals surface area contributed by atoms with E-state index in [1.54, 1.807) is 4.68 Å². The maximum atomic E-state index is 12.5. The molecule has 0 atom stereocenters. The Kier molecular flexibility index (Phi) is 4.83. The van der Waals surface area contributed by atoms with Gasteiger partial charge >= 0.3 is 0 Å². The van der Waals surface area contributed by atoms with E-state index in [-0.39, 0.29) is 5.56 Å². The molecule has 20 heavy (non-hydrogen) atoms. The summed E-state index contributed by atoms with van der Waals surface area (Å²) in [6, 6.07) is 8.36. The van der Waals surface area contributed by atoms with Crippen molar-refractivity contribution in [1.29, 1.82) is 0 Å². The Morgan fingerprint density at radius 3 is 2.40 bits per heavy atom. The average molecular weight is 272 g/mol. The number of nitrogens with one attached hydrogen (secondary N) is 1. The summed E-state index contributed by atoms with van der Waals surface area (Å²) < 4.78 is 1.75. The lowest BCUT2D eigenvalue weighted by Crippen LogP contribution is -2.18. The predicted molar refractivity (Wildman–Crippen MR) is 84.1 cm³/mol. The number of aryl methyl sites for hydroxylation is 2. The van der Waals surface area contributed by atoms with Gasteiger partial charge in [0.2, 0.25) is 0 Å². The monoisotopic (exact) mass is 272 g/mol. The fraction of sp³-hybridized carbons (Fsp3) is 0.471. The highest BCUT2D eigenvalue weighted by Crippen LogP contribution is 2.21. The zero-order chi connectivity index (χ0) is 14.5. The minimum Gasteiger partial charge on any atom is -0.295 e. The lowest BCUT2D eigenvalue weighted by Gasteiger charge is -2.03. The first-order valence-electron chi connectivity index (χ1n) is 7.56. The maximum Gasteiger partial charge on any atom is 0.270 e. The van der Waals surface area contributed by atoms with E-state index in [4.69, 9.17) is 0 Å². The number of unbranched alkanes of at least 4 members (excludes halogenated alkanes) is 1. The van der Waals surface area contributed by atoms with Crippen molar-refractivity contribution < 1.29 is 0 Å². The Labute approximate surface area is 120 Å². The maximum absolute atomic E-state index is 12.5. The molecule has 1 heterocycles. The smallest absolute Gasteiger partial charge is 0.270 e. The molecule has 0 unspecified atom stereocenters. The van der Waals surface area contributed by atoms with Crippen LogP contribution in [0.25, 0.3) is 11.3 Å². The van der Waals surface area contributed by atoms with Gasteiger partial charge in [-0.05, 0) is 31.7 Å². The van der Waals surface area contributed by atoms with Gasteiger partial charge in [0.15, 0.2) is 0 Å². The van der Waals surface area contributed by atoms with E-state index in [1.807, 2.05) is 0 Å². The lowest BCUT2D eigenvalue weighted by molar-refractivity contribution is 0.585. The molecule has 1 aromatic heterocycles. The van der Waals surface area contributed by atoms with Crippen molar-refractivity contribution in [3.05, 3.63) is 45.7 Å². The summed E-state index contributed by atoms with van der Waals surface area (Å²) >= 11 is 0. The molecule has 0 spiro atoms. The zero-order valence-corrected chi connectivity index (χ0v) is 12.7.